The van der Waals surface area contributed by atoms with E-state index in [1.165, 1.54) is 0 Å². The van der Waals surface area contributed by atoms with Crippen LogP contribution in [0.15, 0.2) is 0 Å². The van der Waals surface area contributed by atoms with E-state index in [1.807, 2.05) is 27.7 Å². The van der Waals surface area contributed by atoms with Gasteiger partial charge in [0.15, 0.2) is 0 Å². The normalized spacial score (nSPS) is 11.4. The lowest BCUT2D eigenvalue weighted by atomic mass is 10.1. The zero-order chi connectivity index (χ0) is 13.2. The SMILES string of the molecule is CCC(CC)n1nc(C(C)C)c([N+](=O)[O-])c1N. The van der Waals surface area contributed by atoms with Gasteiger partial charge in [0.2, 0.25) is 5.82 Å². The van der Waals surface area contributed by atoms with Crippen molar-refractivity contribution in [2.75, 3.05) is 5.73 Å². The minimum Gasteiger partial charge on any atom is -0.378 e. The summed E-state index contributed by atoms with van der Waals surface area (Å²) in [6.07, 6.45) is 1.72. The van der Waals surface area contributed by atoms with Crippen molar-refractivity contribution in [3.05, 3.63) is 15.8 Å². The lowest BCUT2D eigenvalue weighted by Gasteiger charge is -2.13. The van der Waals surface area contributed by atoms with Gasteiger partial charge in [-0.25, -0.2) is 4.68 Å². The van der Waals surface area contributed by atoms with Crippen LogP contribution in [0.25, 0.3) is 0 Å². The zero-order valence-corrected chi connectivity index (χ0v) is 10.8. The summed E-state index contributed by atoms with van der Waals surface area (Å²) in [6, 6.07) is 0.126. The highest BCUT2D eigenvalue weighted by Crippen LogP contribution is 2.34. The molecular formula is C11H20N4O2. The minimum absolute atomic E-state index is 0.00619. The molecule has 1 aromatic rings. The van der Waals surface area contributed by atoms with E-state index in [1.54, 1.807) is 4.68 Å². The molecule has 1 heterocycles. The highest BCUT2D eigenvalue weighted by Gasteiger charge is 2.29. The van der Waals surface area contributed by atoms with Crippen molar-refractivity contribution >= 4 is 11.5 Å². The molecule has 0 atom stereocenters. The third kappa shape index (κ3) is 2.40. The molecule has 96 valence electrons. The Morgan fingerprint density at radius 2 is 1.94 bits per heavy atom. The summed E-state index contributed by atoms with van der Waals surface area (Å²) in [5, 5.41) is 15.4. The molecule has 6 nitrogen and oxygen atoms in total. The number of anilines is 1. The summed E-state index contributed by atoms with van der Waals surface area (Å²) in [5.41, 5.74) is 6.29. The molecule has 1 rings (SSSR count). The molecule has 0 saturated carbocycles. The number of hydrogen-bond acceptors (Lipinski definition) is 4. The van der Waals surface area contributed by atoms with E-state index in [2.05, 4.69) is 5.10 Å². The molecule has 0 aromatic carbocycles. The maximum atomic E-state index is 11.0. The van der Waals surface area contributed by atoms with Gasteiger partial charge < -0.3 is 5.73 Å². The monoisotopic (exact) mass is 240 g/mol. The summed E-state index contributed by atoms with van der Waals surface area (Å²) >= 11 is 0. The van der Waals surface area contributed by atoms with Crippen LogP contribution in [0.3, 0.4) is 0 Å². The average molecular weight is 240 g/mol. The van der Waals surface area contributed by atoms with E-state index in [0.29, 0.717) is 5.69 Å². The van der Waals surface area contributed by atoms with Gasteiger partial charge in [-0.1, -0.05) is 27.7 Å². The molecule has 0 fully saturated rings. The number of nitrogens with two attached hydrogens (primary N) is 1. The summed E-state index contributed by atoms with van der Waals surface area (Å²) < 4.78 is 1.60. The number of nitrogen functional groups attached to an aromatic ring is 1. The van der Waals surface area contributed by atoms with Gasteiger partial charge in [-0.15, -0.1) is 0 Å². The first-order chi connectivity index (χ1) is 7.93. The summed E-state index contributed by atoms with van der Waals surface area (Å²) in [6.45, 7) is 7.81. The lowest BCUT2D eigenvalue weighted by Crippen LogP contribution is -2.12. The molecule has 0 saturated heterocycles. The maximum absolute atomic E-state index is 11.0. The van der Waals surface area contributed by atoms with Crippen LogP contribution in [-0.4, -0.2) is 14.7 Å². The van der Waals surface area contributed by atoms with Crippen molar-refractivity contribution in [3.63, 3.8) is 0 Å². The van der Waals surface area contributed by atoms with Gasteiger partial charge in [-0.05, 0) is 12.8 Å². The fourth-order valence-corrected chi connectivity index (χ4v) is 1.95. The van der Waals surface area contributed by atoms with Crippen LogP contribution in [0.1, 0.15) is 58.2 Å². The van der Waals surface area contributed by atoms with Crippen LogP contribution in [0.2, 0.25) is 0 Å². The van der Waals surface area contributed by atoms with Gasteiger partial charge in [0.05, 0.1) is 11.0 Å². The van der Waals surface area contributed by atoms with Gasteiger partial charge in [-0.2, -0.15) is 5.10 Å². The topological polar surface area (TPSA) is 87.0 Å². The third-order valence-corrected chi connectivity index (χ3v) is 2.97. The van der Waals surface area contributed by atoms with Crippen LogP contribution in [0, 0.1) is 10.1 Å². The Kier molecular flexibility index (Phi) is 4.09. The number of rotatable bonds is 5. The summed E-state index contributed by atoms with van der Waals surface area (Å²) in [4.78, 5) is 10.6. The van der Waals surface area contributed by atoms with E-state index in [9.17, 15) is 10.1 Å². The zero-order valence-electron chi connectivity index (χ0n) is 10.8. The summed E-state index contributed by atoms with van der Waals surface area (Å²) in [7, 11) is 0. The number of hydrogen-bond donors (Lipinski definition) is 1. The van der Waals surface area contributed by atoms with Gasteiger partial charge in [0.1, 0.15) is 5.69 Å². The van der Waals surface area contributed by atoms with Crippen molar-refractivity contribution in [1.82, 2.24) is 9.78 Å². The van der Waals surface area contributed by atoms with Crippen LogP contribution < -0.4 is 5.73 Å². The van der Waals surface area contributed by atoms with Crippen molar-refractivity contribution in [3.8, 4) is 0 Å². The summed E-state index contributed by atoms with van der Waals surface area (Å²) in [5.74, 6) is 0.167. The van der Waals surface area contributed by atoms with Crippen molar-refractivity contribution < 1.29 is 4.92 Å². The first-order valence-electron chi connectivity index (χ1n) is 5.96. The fraction of sp³-hybridized carbons (Fsp3) is 0.727. The Bertz CT molecular complexity index is 408. The average Bonchev–Trinajstić information content (AvgIpc) is 2.59. The van der Waals surface area contributed by atoms with Crippen LogP contribution in [0.4, 0.5) is 11.5 Å². The standard InChI is InChI=1S/C11H20N4O2/c1-5-8(6-2)14-11(12)10(15(16)17)9(13-14)7(3)4/h7-8H,5-6,12H2,1-4H3. The van der Waals surface area contributed by atoms with E-state index < -0.39 is 4.92 Å². The van der Waals surface area contributed by atoms with E-state index in [-0.39, 0.29) is 23.5 Å². The van der Waals surface area contributed by atoms with Crippen molar-refractivity contribution in [2.45, 2.75) is 52.5 Å². The van der Waals surface area contributed by atoms with Gasteiger partial charge in [-0.3, -0.25) is 10.1 Å². The Morgan fingerprint density at radius 3 is 2.24 bits per heavy atom. The van der Waals surface area contributed by atoms with Crippen LogP contribution in [0.5, 0.6) is 0 Å². The molecule has 0 aliphatic heterocycles. The molecule has 0 radical (unpaired) electrons. The Hall–Kier alpha value is -1.59. The second kappa shape index (κ2) is 5.16. The molecule has 1 aromatic heterocycles. The second-order valence-electron chi connectivity index (χ2n) is 4.45. The highest BCUT2D eigenvalue weighted by molar-refractivity contribution is 5.57. The predicted molar refractivity (Wildman–Crippen MR) is 67.0 cm³/mol. The minimum atomic E-state index is -0.434. The molecule has 2 N–H and O–H groups in total. The van der Waals surface area contributed by atoms with Crippen LogP contribution in [-0.2, 0) is 0 Å². The third-order valence-electron chi connectivity index (χ3n) is 2.97. The van der Waals surface area contributed by atoms with E-state index >= 15 is 0 Å². The Labute approximate surface area is 101 Å². The van der Waals surface area contributed by atoms with E-state index in [4.69, 9.17) is 5.73 Å². The van der Waals surface area contributed by atoms with Gasteiger partial charge in [0.25, 0.3) is 0 Å². The first kappa shape index (κ1) is 13.5. The number of nitro groups is 1. The quantitative estimate of drug-likeness (QED) is 0.633. The Morgan fingerprint density at radius 1 is 1.41 bits per heavy atom. The Balaban J connectivity index is 3.35. The largest absolute Gasteiger partial charge is 0.378 e. The highest BCUT2D eigenvalue weighted by atomic mass is 16.6. The van der Waals surface area contributed by atoms with Crippen molar-refractivity contribution in [1.29, 1.82) is 0 Å². The maximum Gasteiger partial charge on any atom is 0.334 e. The molecule has 0 aliphatic rings. The molecule has 0 spiro atoms. The lowest BCUT2D eigenvalue weighted by molar-refractivity contribution is -0.384. The molecule has 0 unspecified atom stereocenters. The number of aromatic nitrogens is 2. The smallest absolute Gasteiger partial charge is 0.334 e. The first-order valence-corrected chi connectivity index (χ1v) is 5.96. The van der Waals surface area contributed by atoms with Crippen LogP contribution >= 0.6 is 0 Å². The molecule has 0 aliphatic carbocycles. The fourth-order valence-electron chi connectivity index (χ4n) is 1.95. The second-order valence-corrected chi connectivity index (χ2v) is 4.45. The van der Waals surface area contributed by atoms with Crippen molar-refractivity contribution in [2.24, 2.45) is 0 Å². The van der Waals surface area contributed by atoms with Gasteiger partial charge in [0, 0.05) is 5.92 Å². The predicted octanol–water partition coefficient (Wildman–Crippen LogP) is 2.86. The van der Waals surface area contributed by atoms with E-state index in [0.717, 1.165) is 12.8 Å². The molecule has 6 heteroatoms. The molecule has 17 heavy (non-hydrogen) atoms. The molecule has 0 bridgehead atoms. The number of nitrogens with zero attached hydrogens (tertiary/aromatic N) is 3. The molecular weight excluding hydrogens is 220 g/mol. The molecule has 0 amide bonds. The van der Waals surface area contributed by atoms with Gasteiger partial charge >= 0.3 is 5.69 Å².